The van der Waals surface area contributed by atoms with Crippen molar-refractivity contribution in [3.8, 4) is 0 Å². The van der Waals surface area contributed by atoms with Gasteiger partial charge in [-0.3, -0.25) is 0 Å². The molecule has 0 rings (SSSR count). The quantitative estimate of drug-likeness (QED) is 0.672. The Hall–Kier alpha value is -0.0400. The van der Waals surface area contributed by atoms with Gasteiger partial charge in [-0.1, -0.05) is 47.5 Å². The first-order valence-electron chi connectivity index (χ1n) is 5.72. The molecular weight excluding hydrogens is 158 g/mol. The van der Waals surface area contributed by atoms with E-state index in [0.29, 0.717) is 17.4 Å². The zero-order chi connectivity index (χ0) is 10.5. The lowest BCUT2D eigenvalue weighted by molar-refractivity contribution is 0.225. The van der Waals surface area contributed by atoms with E-state index in [-0.39, 0.29) is 0 Å². The summed E-state index contributed by atoms with van der Waals surface area (Å²) in [7, 11) is 0. The lowest BCUT2D eigenvalue weighted by Crippen LogP contribution is -2.32. The van der Waals surface area contributed by atoms with Gasteiger partial charge in [-0.15, -0.1) is 0 Å². The van der Waals surface area contributed by atoms with Crippen molar-refractivity contribution in [3.63, 3.8) is 0 Å². The predicted octanol–water partition coefficient (Wildman–Crippen LogP) is 3.58. The zero-order valence-corrected chi connectivity index (χ0v) is 10.1. The van der Waals surface area contributed by atoms with Crippen molar-refractivity contribution < 1.29 is 0 Å². The molecular formula is C12H27N. The first-order chi connectivity index (χ1) is 5.96. The van der Waals surface area contributed by atoms with Gasteiger partial charge in [0.2, 0.25) is 0 Å². The topological polar surface area (TPSA) is 26.0 Å². The monoisotopic (exact) mass is 185 g/mol. The molecule has 2 atom stereocenters. The summed E-state index contributed by atoms with van der Waals surface area (Å²) in [5, 5.41) is 0. The second-order valence-corrected chi connectivity index (χ2v) is 4.96. The van der Waals surface area contributed by atoms with Crippen molar-refractivity contribution in [2.45, 2.75) is 66.3 Å². The standard InChI is InChI=1S/C12H27N/c1-6-10(11(13)7-2)9-12(4,5)8-3/h10-11H,6-9,13H2,1-5H3. The van der Waals surface area contributed by atoms with Crippen LogP contribution in [0.2, 0.25) is 0 Å². The summed E-state index contributed by atoms with van der Waals surface area (Å²) in [6.45, 7) is 11.4. The lowest BCUT2D eigenvalue weighted by atomic mass is 9.77. The molecule has 0 bridgehead atoms. The van der Waals surface area contributed by atoms with Gasteiger partial charge in [-0.25, -0.2) is 0 Å². The van der Waals surface area contributed by atoms with Crippen molar-refractivity contribution in [2.24, 2.45) is 17.1 Å². The Morgan fingerprint density at radius 1 is 1.08 bits per heavy atom. The molecule has 1 heteroatoms. The first-order valence-corrected chi connectivity index (χ1v) is 5.72. The van der Waals surface area contributed by atoms with Crippen molar-refractivity contribution in [1.82, 2.24) is 0 Å². The third-order valence-electron chi connectivity index (χ3n) is 3.37. The van der Waals surface area contributed by atoms with Crippen LogP contribution >= 0.6 is 0 Å². The van der Waals surface area contributed by atoms with Gasteiger partial charge in [0, 0.05) is 6.04 Å². The molecule has 13 heavy (non-hydrogen) atoms. The van der Waals surface area contributed by atoms with Crippen LogP contribution in [0, 0.1) is 11.3 Å². The number of hydrogen-bond acceptors (Lipinski definition) is 1. The molecule has 0 aromatic heterocycles. The van der Waals surface area contributed by atoms with E-state index >= 15 is 0 Å². The van der Waals surface area contributed by atoms with E-state index in [4.69, 9.17) is 5.73 Å². The Labute approximate surface area is 84.1 Å². The number of nitrogens with two attached hydrogens (primary N) is 1. The Morgan fingerprint density at radius 2 is 1.62 bits per heavy atom. The van der Waals surface area contributed by atoms with Crippen LogP contribution in [0.3, 0.4) is 0 Å². The van der Waals surface area contributed by atoms with Gasteiger partial charge < -0.3 is 5.73 Å². The van der Waals surface area contributed by atoms with Gasteiger partial charge in [-0.05, 0) is 24.2 Å². The molecule has 0 heterocycles. The predicted molar refractivity (Wildman–Crippen MR) is 60.7 cm³/mol. The molecule has 0 saturated carbocycles. The van der Waals surface area contributed by atoms with Crippen LogP contribution in [0.1, 0.15) is 60.3 Å². The highest BCUT2D eigenvalue weighted by Crippen LogP contribution is 2.31. The minimum absolute atomic E-state index is 0.399. The molecule has 2 N–H and O–H groups in total. The van der Waals surface area contributed by atoms with Gasteiger partial charge in [0.25, 0.3) is 0 Å². The summed E-state index contributed by atoms with van der Waals surface area (Å²) in [5.41, 5.74) is 6.56. The van der Waals surface area contributed by atoms with Crippen LogP contribution in [-0.2, 0) is 0 Å². The van der Waals surface area contributed by atoms with Crippen molar-refractivity contribution in [3.05, 3.63) is 0 Å². The summed E-state index contributed by atoms with van der Waals surface area (Å²) < 4.78 is 0. The molecule has 0 saturated heterocycles. The lowest BCUT2D eigenvalue weighted by Gasteiger charge is -2.31. The van der Waals surface area contributed by atoms with Crippen LogP contribution in [-0.4, -0.2) is 6.04 Å². The van der Waals surface area contributed by atoms with E-state index < -0.39 is 0 Å². The molecule has 0 amide bonds. The van der Waals surface area contributed by atoms with Gasteiger partial charge in [0.15, 0.2) is 0 Å². The fourth-order valence-corrected chi connectivity index (χ4v) is 1.79. The molecule has 80 valence electrons. The molecule has 0 spiro atoms. The van der Waals surface area contributed by atoms with Crippen molar-refractivity contribution in [1.29, 1.82) is 0 Å². The minimum Gasteiger partial charge on any atom is -0.327 e. The van der Waals surface area contributed by atoms with Gasteiger partial charge in [0.05, 0.1) is 0 Å². The molecule has 0 aliphatic heterocycles. The van der Waals surface area contributed by atoms with Gasteiger partial charge in [-0.2, -0.15) is 0 Å². The van der Waals surface area contributed by atoms with Crippen LogP contribution < -0.4 is 5.73 Å². The third-order valence-corrected chi connectivity index (χ3v) is 3.37. The SMILES string of the molecule is CCC(N)C(CC)CC(C)(C)CC. The van der Waals surface area contributed by atoms with Crippen LogP contribution in [0.5, 0.6) is 0 Å². The largest absolute Gasteiger partial charge is 0.327 e. The maximum Gasteiger partial charge on any atom is 0.00646 e. The second kappa shape index (κ2) is 5.64. The average molecular weight is 185 g/mol. The number of hydrogen-bond donors (Lipinski definition) is 1. The van der Waals surface area contributed by atoms with E-state index in [0.717, 1.165) is 6.42 Å². The molecule has 0 radical (unpaired) electrons. The normalized spacial score (nSPS) is 17.1. The van der Waals surface area contributed by atoms with E-state index in [1.807, 2.05) is 0 Å². The highest BCUT2D eigenvalue weighted by molar-refractivity contribution is 4.77. The van der Waals surface area contributed by atoms with E-state index in [9.17, 15) is 0 Å². The first kappa shape index (κ1) is 13.0. The molecule has 0 aromatic rings. The Morgan fingerprint density at radius 3 is 1.92 bits per heavy atom. The summed E-state index contributed by atoms with van der Waals surface area (Å²) in [6.07, 6.45) is 4.85. The van der Waals surface area contributed by atoms with Crippen LogP contribution in [0.4, 0.5) is 0 Å². The summed E-state index contributed by atoms with van der Waals surface area (Å²) in [6, 6.07) is 0.399. The molecule has 0 aliphatic carbocycles. The third kappa shape index (κ3) is 4.66. The smallest absolute Gasteiger partial charge is 0.00646 e. The summed E-state index contributed by atoms with van der Waals surface area (Å²) in [4.78, 5) is 0. The summed E-state index contributed by atoms with van der Waals surface area (Å²) >= 11 is 0. The minimum atomic E-state index is 0.399. The molecule has 1 nitrogen and oxygen atoms in total. The second-order valence-electron chi connectivity index (χ2n) is 4.96. The molecule has 2 unspecified atom stereocenters. The van der Waals surface area contributed by atoms with Gasteiger partial charge in [0.1, 0.15) is 0 Å². The Bertz CT molecular complexity index is 129. The van der Waals surface area contributed by atoms with Crippen LogP contribution in [0.25, 0.3) is 0 Å². The highest BCUT2D eigenvalue weighted by Gasteiger charge is 2.23. The fourth-order valence-electron chi connectivity index (χ4n) is 1.79. The van der Waals surface area contributed by atoms with E-state index in [1.165, 1.54) is 19.3 Å². The molecule has 0 aromatic carbocycles. The molecule has 0 aliphatic rings. The molecule has 0 fully saturated rings. The zero-order valence-electron chi connectivity index (χ0n) is 10.1. The maximum atomic E-state index is 6.09. The fraction of sp³-hybridized carbons (Fsp3) is 1.00. The van der Waals surface area contributed by atoms with E-state index in [2.05, 4.69) is 34.6 Å². The van der Waals surface area contributed by atoms with Crippen molar-refractivity contribution >= 4 is 0 Å². The van der Waals surface area contributed by atoms with E-state index in [1.54, 1.807) is 0 Å². The summed E-state index contributed by atoms with van der Waals surface area (Å²) in [5.74, 6) is 0.708. The Balaban J connectivity index is 4.11. The van der Waals surface area contributed by atoms with Crippen LogP contribution in [0.15, 0.2) is 0 Å². The van der Waals surface area contributed by atoms with Gasteiger partial charge >= 0.3 is 0 Å². The Kier molecular flexibility index (Phi) is 5.62. The highest BCUT2D eigenvalue weighted by atomic mass is 14.6. The maximum absolute atomic E-state index is 6.09. The number of rotatable bonds is 6. The van der Waals surface area contributed by atoms with Crippen molar-refractivity contribution in [2.75, 3.05) is 0 Å². The average Bonchev–Trinajstić information content (AvgIpc) is 2.13.